The molecule has 1 N–H and O–H groups in total. The number of carbonyl (C=O) groups excluding carboxylic acids is 1. The predicted molar refractivity (Wildman–Crippen MR) is 159 cm³/mol. The van der Waals surface area contributed by atoms with E-state index < -0.39 is 12.1 Å². The van der Waals surface area contributed by atoms with Crippen molar-refractivity contribution < 1.29 is 23.7 Å². The summed E-state index contributed by atoms with van der Waals surface area (Å²) in [6.45, 7) is 10.5. The number of halogens is 1. The second-order valence-corrected chi connectivity index (χ2v) is 12.3. The first-order valence-corrected chi connectivity index (χ1v) is 15.9. The summed E-state index contributed by atoms with van der Waals surface area (Å²) in [5, 5.41) is 3.60. The number of fused-ring (bicyclic) bond motifs is 1. The third-order valence-electron chi connectivity index (χ3n) is 8.08. The van der Waals surface area contributed by atoms with Crippen molar-refractivity contribution in [1.29, 1.82) is 0 Å². The molecule has 0 saturated carbocycles. The fourth-order valence-corrected chi connectivity index (χ4v) is 5.96. The van der Waals surface area contributed by atoms with Crippen LogP contribution < -0.4 is 5.32 Å². The van der Waals surface area contributed by atoms with E-state index in [-0.39, 0.29) is 24.3 Å². The number of hydrogen-bond donors (Lipinski definition) is 1. The molecule has 3 fully saturated rings. The summed E-state index contributed by atoms with van der Waals surface area (Å²) in [5.41, 5.74) is 0.743. The van der Waals surface area contributed by atoms with Crippen LogP contribution in [0.25, 0.3) is 0 Å². The van der Waals surface area contributed by atoms with Gasteiger partial charge in [-0.25, -0.2) is 4.79 Å². The quantitative estimate of drug-likeness (QED) is 0.234. The molecular formula is C31H50ClN3O5. The van der Waals surface area contributed by atoms with Gasteiger partial charge in [0.15, 0.2) is 12.1 Å². The van der Waals surface area contributed by atoms with E-state index in [1.165, 1.54) is 57.8 Å². The number of anilines is 1. The minimum atomic E-state index is -0.644. The summed E-state index contributed by atoms with van der Waals surface area (Å²) in [4.78, 5) is 16.9. The molecular weight excluding hydrogens is 530 g/mol. The first-order valence-electron chi connectivity index (χ1n) is 15.5. The van der Waals surface area contributed by atoms with E-state index in [9.17, 15) is 4.79 Å². The largest absolute Gasteiger partial charge is 0.350 e. The van der Waals surface area contributed by atoms with Crippen LogP contribution in [0.2, 0.25) is 5.02 Å². The molecule has 4 rings (SSSR count). The van der Waals surface area contributed by atoms with Crippen LogP contribution in [0.5, 0.6) is 0 Å². The van der Waals surface area contributed by atoms with Gasteiger partial charge in [0.2, 0.25) is 0 Å². The number of unbranched alkanes of at least 4 members (excludes halogenated alkanes) is 9. The van der Waals surface area contributed by atoms with Gasteiger partial charge in [0.05, 0.1) is 0 Å². The Hall–Kier alpha value is -1.42. The SMILES string of the molecule is CCCCCCCCCCCCO[C@H]1O[C@H](CN2CCN(C(=O)Nc3ccc(Cl)cc3)CC2)[C@@H]2OC(C)(C)O[C@H]12. The smallest absolute Gasteiger partial charge is 0.321 e. The number of rotatable bonds is 15. The van der Waals surface area contributed by atoms with Crippen molar-refractivity contribution in [1.82, 2.24) is 9.80 Å². The standard InChI is InChI=1S/C31H50ClN3O5/c1-4-5-6-7-8-9-10-11-12-13-22-37-29-28-27(39-31(2,3)40-28)26(38-29)23-34-18-20-35(21-19-34)30(36)33-25-16-14-24(32)15-17-25/h14-17,26-29H,4-13,18-23H2,1-3H3,(H,33,36)/t26-,27+,28+,29+/m1/s1. The Kier molecular flexibility index (Phi) is 12.4. The number of piperazine rings is 1. The van der Waals surface area contributed by atoms with E-state index in [2.05, 4.69) is 17.1 Å². The molecule has 8 nitrogen and oxygen atoms in total. The first kappa shape index (κ1) is 31.5. The Bertz CT molecular complexity index is 893. The average molecular weight is 580 g/mol. The van der Waals surface area contributed by atoms with Crippen LogP contribution in [-0.4, -0.2) is 85.6 Å². The monoisotopic (exact) mass is 579 g/mol. The molecule has 0 spiro atoms. The first-order chi connectivity index (χ1) is 19.3. The summed E-state index contributed by atoms with van der Waals surface area (Å²) in [7, 11) is 0. The lowest BCUT2D eigenvalue weighted by atomic mass is 10.1. The fraction of sp³-hybridized carbons (Fsp3) is 0.774. The van der Waals surface area contributed by atoms with Gasteiger partial charge in [-0.1, -0.05) is 76.3 Å². The van der Waals surface area contributed by atoms with E-state index in [0.717, 1.165) is 31.7 Å². The average Bonchev–Trinajstić information content (AvgIpc) is 3.42. The Morgan fingerprint density at radius 3 is 2.17 bits per heavy atom. The van der Waals surface area contributed by atoms with E-state index in [1.54, 1.807) is 12.1 Å². The molecule has 3 aliphatic rings. The van der Waals surface area contributed by atoms with Gasteiger partial charge in [0.1, 0.15) is 18.3 Å². The molecule has 0 aliphatic carbocycles. The van der Waals surface area contributed by atoms with Crippen LogP contribution in [0.15, 0.2) is 24.3 Å². The van der Waals surface area contributed by atoms with Crippen molar-refractivity contribution in [2.75, 3.05) is 44.6 Å². The molecule has 2 amide bonds. The van der Waals surface area contributed by atoms with Gasteiger partial charge in [-0.3, -0.25) is 4.90 Å². The third kappa shape index (κ3) is 9.57. The molecule has 0 aromatic heterocycles. The van der Waals surface area contributed by atoms with Crippen molar-refractivity contribution >= 4 is 23.3 Å². The van der Waals surface area contributed by atoms with E-state index in [4.69, 9.17) is 30.5 Å². The number of ether oxygens (including phenoxy) is 4. The molecule has 0 radical (unpaired) electrons. The normalized spacial score (nSPS) is 26.2. The van der Waals surface area contributed by atoms with E-state index >= 15 is 0 Å². The highest BCUT2D eigenvalue weighted by molar-refractivity contribution is 6.30. The maximum absolute atomic E-state index is 12.7. The molecule has 1 aromatic carbocycles. The van der Waals surface area contributed by atoms with Gasteiger partial charge in [-0.15, -0.1) is 0 Å². The highest BCUT2D eigenvalue weighted by Crippen LogP contribution is 2.39. The van der Waals surface area contributed by atoms with Crippen molar-refractivity contribution in [3.63, 3.8) is 0 Å². The minimum absolute atomic E-state index is 0.0890. The second kappa shape index (κ2) is 15.7. The Morgan fingerprint density at radius 2 is 1.52 bits per heavy atom. The van der Waals surface area contributed by atoms with Crippen LogP contribution in [0.1, 0.15) is 85.0 Å². The van der Waals surface area contributed by atoms with Gasteiger partial charge < -0.3 is 29.2 Å². The maximum atomic E-state index is 12.7. The summed E-state index contributed by atoms with van der Waals surface area (Å²) < 4.78 is 25.0. The number of nitrogens with zero attached hydrogens (tertiary/aromatic N) is 2. The highest BCUT2D eigenvalue weighted by atomic mass is 35.5. The number of hydrogen-bond acceptors (Lipinski definition) is 6. The minimum Gasteiger partial charge on any atom is -0.350 e. The van der Waals surface area contributed by atoms with Crippen LogP contribution in [-0.2, 0) is 18.9 Å². The molecule has 40 heavy (non-hydrogen) atoms. The van der Waals surface area contributed by atoms with Crippen molar-refractivity contribution in [2.24, 2.45) is 0 Å². The molecule has 3 aliphatic heterocycles. The van der Waals surface area contributed by atoms with Crippen LogP contribution >= 0.6 is 11.6 Å². The van der Waals surface area contributed by atoms with Gasteiger partial charge >= 0.3 is 6.03 Å². The molecule has 0 unspecified atom stereocenters. The van der Waals surface area contributed by atoms with Gasteiger partial charge in [-0.05, 0) is 44.5 Å². The van der Waals surface area contributed by atoms with Crippen molar-refractivity contribution in [3.05, 3.63) is 29.3 Å². The zero-order valence-corrected chi connectivity index (χ0v) is 25.5. The predicted octanol–water partition coefficient (Wildman–Crippen LogP) is 6.67. The van der Waals surface area contributed by atoms with Crippen molar-refractivity contribution in [3.8, 4) is 0 Å². The number of benzene rings is 1. The van der Waals surface area contributed by atoms with Gasteiger partial charge in [0, 0.05) is 50.0 Å². The highest BCUT2D eigenvalue weighted by Gasteiger charge is 2.56. The van der Waals surface area contributed by atoms with Crippen LogP contribution in [0, 0.1) is 0 Å². The van der Waals surface area contributed by atoms with E-state index in [0.29, 0.717) is 24.7 Å². The zero-order valence-electron chi connectivity index (χ0n) is 24.7. The molecule has 1 aromatic rings. The number of amides is 2. The molecule has 3 saturated heterocycles. The molecule has 9 heteroatoms. The lowest BCUT2D eigenvalue weighted by Crippen LogP contribution is -2.52. The van der Waals surface area contributed by atoms with E-state index in [1.807, 2.05) is 30.9 Å². The maximum Gasteiger partial charge on any atom is 0.321 e. The van der Waals surface area contributed by atoms with Crippen LogP contribution in [0.3, 0.4) is 0 Å². The summed E-state index contributed by atoms with van der Waals surface area (Å²) >= 11 is 5.95. The Labute approximate surface area is 246 Å². The Balaban J connectivity index is 1.15. The molecule has 226 valence electrons. The zero-order chi connectivity index (χ0) is 28.4. The topological polar surface area (TPSA) is 72.5 Å². The third-order valence-corrected chi connectivity index (χ3v) is 8.33. The van der Waals surface area contributed by atoms with Gasteiger partial charge in [-0.2, -0.15) is 0 Å². The number of nitrogens with one attached hydrogen (secondary N) is 1. The Morgan fingerprint density at radius 1 is 0.925 bits per heavy atom. The van der Waals surface area contributed by atoms with Crippen LogP contribution in [0.4, 0.5) is 10.5 Å². The lowest BCUT2D eigenvalue weighted by molar-refractivity contribution is -0.235. The lowest BCUT2D eigenvalue weighted by Gasteiger charge is -2.36. The molecule has 4 atom stereocenters. The van der Waals surface area contributed by atoms with Gasteiger partial charge in [0.25, 0.3) is 0 Å². The molecule has 3 heterocycles. The fourth-order valence-electron chi connectivity index (χ4n) is 5.84. The summed E-state index contributed by atoms with van der Waals surface area (Å²) in [5.74, 6) is -0.644. The molecule has 0 bridgehead atoms. The summed E-state index contributed by atoms with van der Waals surface area (Å²) in [6.07, 6.45) is 12.1. The number of urea groups is 1. The summed E-state index contributed by atoms with van der Waals surface area (Å²) in [6, 6.07) is 7.08. The number of carbonyl (C=O) groups is 1. The second-order valence-electron chi connectivity index (χ2n) is 11.9. The van der Waals surface area contributed by atoms with Crippen molar-refractivity contribution in [2.45, 2.75) is 115 Å².